The summed E-state index contributed by atoms with van der Waals surface area (Å²) in [4.78, 5) is 5.68. The van der Waals surface area contributed by atoms with Crippen LogP contribution in [0.3, 0.4) is 0 Å². The van der Waals surface area contributed by atoms with Gasteiger partial charge in [-0.2, -0.15) is 13.2 Å². The molecule has 0 saturated heterocycles. The van der Waals surface area contributed by atoms with Crippen LogP contribution in [0.2, 0.25) is 0 Å². The molecule has 0 radical (unpaired) electrons. The molecule has 21 heavy (non-hydrogen) atoms. The fourth-order valence-corrected chi connectivity index (χ4v) is 2.24. The molecule has 0 aliphatic heterocycles. The van der Waals surface area contributed by atoms with E-state index in [1.807, 2.05) is 0 Å². The summed E-state index contributed by atoms with van der Waals surface area (Å²) in [5, 5.41) is 3.26. The molecule has 3 nitrogen and oxygen atoms in total. The Hall–Kier alpha value is -1.30. The Bertz CT molecular complexity index is 456. The molecule has 1 aromatic rings. The maximum absolute atomic E-state index is 12.7. The molecule has 0 unspecified atom stereocenters. The van der Waals surface area contributed by atoms with E-state index in [0.717, 1.165) is 25.1 Å². The van der Waals surface area contributed by atoms with Gasteiger partial charge >= 0.3 is 6.18 Å². The molecule has 1 aliphatic carbocycles. The molecule has 1 saturated carbocycles. The number of alkyl halides is 3. The number of hydrogen-bond donors (Lipinski definition) is 1. The molecule has 1 fully saturated rings. The molecule has 0 atom stereocenters. The topological polar surface area (TPSA) is 28.2 Å². The minimum absolute atomic E-state index is 0.0190. The summed E-state index contributed by atoms with van der Waals surface area (Å²) in [5.74, 6) is 0.529. The fourth-order valence-electron chi connectivity index (χ4n) is 2.24. The van der Waals surface area contributed by atoms with Crippen LogP contribution in [0.5, 0.6) is 0 Å². The first-order valence-electron chi connectivity index (χ1n) is 7.34. The van der Waals surface area contributed by atoms with Crippen LogP contribution in [0.15, 0.2) is 18.3 Å². The second-order valence-corrected chi connectivity index (χ2v) is 6.00. The lowest BCUT2D eigenvalue weighted by Gasteiger charge is -2.26. The van der Waals surface area contributed by atoms with Crippen LogP contribution < -0.4 is 10.2 Å². The minimum atomic E-state index is -4.18. The zero-order valence-corrected chi connectivity index (χ0v) is 12.5. The van der Waals surface area contributed by atoms with Crippen molar-refractivity contribution >= 4 is 5.69 Å². The van der Waals surface area contributed by atoms with Crippen molar-refractivity contribution in [1.82, 2.24) is 10.3 Å². The highest BCUT2D eigenvalue weighted by atomic mass is 19.4. The molecule has 1 aromatic heterocycles. The number of aromatic nitrogens is 1. The first-order valence-corrected chi connectivity index (χ1v) is 7.34. The first kappa shape index (κ1) is 16.1. The van der Waals surface area contributed by atoms with Gasteiger partial charge in [-0.3, -0.25) is 4.98 Å². The lowest BCUT2D eigenvalue weighted by Crippen LogP contribution is -2.36. The van der Waals surface area contributed by atoms with Crippen LogP contribution in [0, 0.1) is 5.92 Å². The second kappa shape index (κ2) is 6.64. The summed E-state index contributed by atoms with van der Waals surface area (Å²) < 4.78 is 38.1. The van der Waals surface area contributed by atoms with Crippen LogP contribution in [-0.2, 0) is 6.54 Å². The summed E-state index contributed by atoms with van der Waals surface area (Å²) in [5.41, 5.74) is 1.40. The van der Waals surface area contributed by atoms with Crippen LogP contribution in [0.1, 0.15) is 32.4 Å². The smallest absolute Gasteiger partial charge is 0.359 e. The molecule has 0 aromatic carbocycles. The molecule has 118 valence electrons. The number of anilines is 1. The van der Waals surface area contributed by atoms with Crippen molar-refractivity contribution in [1.29, 1.82) is 0 Å². The highest BCUT2D eigenvalue weighted by Gasteiger charge is 2.38. The largest absolute Gasteiger partial charge is 0.405 e. The van der Waals surface area contributed by atoms with Gasteiger partial charge in [-0.05, 0) is 37.4 Å². The van der Waals surface area contributed by atoms with Crippen molar-refractivity contribution in [3.05, 3.63) is 24.0 Å². The molecule has 1 aliphatic rings. The average Bonchev–Trinajstić information content (AvgIpc) is 3.19. The predicted molar refractivity (Wildman–Crippen MR) is 77.2 cm³/mol. The molecule has 0 amide bonds. The van der Waals surface area contributed by atoms with Gasteiger partial charge in [0.1, 0.15) is 6.54 Å². The molecule has 6 heteroatoms. The maximum Gasteiger partial charge on any atom is 0.405 e. The minimum Gasteiger partial charge on any atom is -0.359 e. The summed E-state index contributed by atoms with van der Waals surface area (Å²) in [6, 6.07) is 3.44. The zero-order valence-electron chi connectivity index (χ0n) is 12.5. The van der Waals surface area contributed by atoms with Gasteiger partial charge in [0.2, 0.25) is 0 Å². The first-order chi connectivity index (χ1) is 9.85. The van der Waals surface area contributed by atoms with E-state index < -0.39 is 12.7 Å². The maximum atomic E-state index is 12.7. The van der Waals surface area contributed by atoms with Crippen LogP contribution in [-0.4, -0.2) is 30.3 Å². The number of nitrogens with one attached hydrogen (secondary N) is 1. The third-order valence-electron chi connectivity index (χ3n) is 3.33. The highest BCUT2D eigenvalue weighted by Crippen LogP contribution is 2.34. The van der Waals surface area contributed by atoms with Crippen LogP contribution >= 0.6 is 0 Å². The van der Waals surface area contributed by atoms with Gasteiger partial charge in [-0.25, -0.2) is 0 Å². The van der Waals surface area contributed by atoms with Crippen molar-refractivity contribution in [2.75, 3.05) is 18.0 Å². The van der Waals surface area contributed by atoms with Gasteiger partial charge in [0.05, 0.1) is 5.69 Å². The van der Waals surface area contributed by atoms with Crippen molar-refractivity contribution in [3.8, 4) is 0 Å². The second-order valence-electron chi connectivity index (χ2n) is 6.00. The van der Waals surface area contributed by atoms with Gasteiger partial charge in [0.15, 0.2) is 0 Å². The number of rotatable bonds is 7. The standard InChI is InChI=1S/C15H22F3N3/c1-11(2)8-19-9-12-7-14(5-6-20-12)21(13-3-4-13)10-15(16,17)18/h5-7,11,13,19H,3-4,8-10H2,1-2H3. The zero-order chi connectivity index (χ0) is 15.5. The summed E-state index contributed by atoms with van der Waals surface area (Å²) in [7, 11) is 0. The van der Waals surface area contributed by atoms with E-state index in [-0.39, 0.29) is 6.04 Å². The Labute approximate surface area is 123 Å². The Morgan fingerprint density at radius 2 is 2.10 bits per heavy atom. The molecule has 0 bridgehead atoms. The normalized spacial score (nSPS) is 15.5. The quantitative estimate of drug-likeness (QED) is 0.837. The highest BCUT2D eigenvalue weighted by molar-refractivity contribution is 5.49. The Balaban J connectivity index is 2.03. The van der Waals surface area contributed by atoms with Crippen molar-refractivity contribution in [2.24, 2.45) is 5.92 Å². The van der Waals surface area contributed by atoms with E-state index in [2.05, 4.69) is 24.1 Å². The third-order valence-corrected chi connectivity index (χ3v) is 3.33. The van der Waals surface area contributed by atoms with E-state index in [1.165, 1.54) is 4.90 Å². The van der Waals surface area contributed by atoms with Gasteiger partial charge in [0.25, 0.3) is 0 Å². The molecule has 0 spiro atoms. The summed E-state index contributed by atoms with van der Waals surface area (Å²) in [6.45, 7) is 4.77. The van der Waals surface area contributed by atoms with Gasteiger partial charge in [-0.1, -0.05) is 13.8 Å². The summed E-state index contributed by atoms with van der Waals surface area (Å²) >= 11 is 0. The van der Waals surface area contributed by atoms with Gasteiger partial charge in [-0.15, -0.1) is 0 Å². The van der Waals surface area contributed by atoms with Crippen molar-refractivity contribution in [2.45, 2.75) is 45.5 Å². The van der Waals surface area contributed by atoms with Crippen LogP contribution in [0.25, 0.3) is 0 Å². The van der Waals surface area contributed by atoms with E-state index >= 15 is 0 Å². The van der Waals surface area contributed by atoms with E-state index in [9.17, 15) is 13.2 Å². The Kier molecular flexibility index (Phi) is 5.08. The number of halogens is 3. The number of hydrogen-bond acceptors (Lipinski definition) is 3. The van der Waals surface area contributed by atoms with E-state index in [4.69, 9.17) is 0 Å². The molecular formula is C15H22F3N3. The van der Waals surface area contributed by atoms with E-state index in [0.29, 0.717) is 18.2 Å². The third kappa shape index (κ3) is 5.53. The van der Waals surface area contributed by atoms with Crippen LogP contribution in [0.4, 0.5) is 18.9 Å². The molecule has 1 heterocycles. The average molecular weight is 301 g/mol. The van der Waals surface area contributed by atoms with E-state index in [1.54, 1.807) is 18.3 Å². The molecule has 2 rings (SSSR count). The summed E-state index contributed by atoms with van der Waals surface area (Å²) in [6.07, 6.45) is -0.923. The van der Waals surface area contributed by atoms with Crippen molar-refractivity contribution in [3.63, 3.8) is 0 Å². The lowest BCUT2D eigenvalue weighted by atomic mass is 10.2. The number of nitrogens with zero attached hydrogens (tertiary/aromatic N) is 2. The van der Waals surface area contributed by atoms with Crippen molar-refractivity contribution < 1.29 is 13.2 Å². The number of pyridine rings is 1. The van der Waals surface area contributed by atoms with Gasteiger partial charge in [0, 0.05) is 24.5 Å². The monoisotopic (exact) mass is 301 g/mol. The SMILES string of the molecule is CC(C)CNCc1cc(N(CC(F)(F)F)C2CC2)ccn1. The fraction of sp³-hybridized carbons (Fsp3) is 0.667. The molecule has 1 N–H and O–H groups in total. The Morgan fingerprint density at radius 1 is 1.38 bits per heavy atom. The predicted octanol–water partition coefficient (Wildman–Crippen LogP) is 3.36. The van der Waals surface area contributed by atoms with Gasteiger partial charge < -0.3 is 10.2 Å². The molecular weight excluding hydrogens is 279 g/mol. The Morgan fingerprint density at radius 3 is 2.67 bits per heavy atom. The lowest BCUT2D eigenvalue weighted by molar-refractivity contribution is -0.120.